The summed E-state index contributed by atoms with van der Waals surface area (Å²) in [5.41, 5.74) is 4.05. The predicted octanol–water partition coefficient (Wildman–Crippen LogP) is 2.01. The van der Waals surface area contributed by atoms with Gasteiger partial charge in [0, 0.05) is 36.5 Å². The number of nitrogens with one attached hydrogen (secondary N) is 4. The number of hydrogen-bond donors (Lipinski definition) is 4. The summed E-state index contributed by atoms with van der Waals surface area (Å²) in [5, 5.41) is 16.0. The van der Waals surface area contributed by atoms with E-state index in [-0.39, 0.29) is 6.03 Å². The lowest BCUT2D eigenvalue weighted by Gasteiger charge is -2.13. The van der Waals surface area contributed by atoms with E-state index < -0.39 is 0 Å². The largest absolute Gasteiger partial charge is 0.324 e. The highest BCUT2D eigenvalue weighted by Crippen LogP contribution is 2.19. The molecule has 6 nitrogen and oxygen atoms in total. The second-order valence-corrected chi connectivity index (χ2v) is 4.90. The van der Waals surface area contributed by atoms with Crippen LogP contribution < -0.4 is 16.0 Å². The highest BCUT2D eigenvalue weighted by atomic mass is 16.2. The van der Waals surface area contributed by atoms with E-state index in [1.165, 1.54) is 0 Å². The number of H-pyrrole nitrogens is 1. The lowest BCUT2D eigenvalue weighted by atomic mass is 10.1. The molecule has 0 radical (unpaired) electrons. The van der Waals surface area contributed by atoms with Crippen LogP contribution in [0.15, 0.2) is 24.3 Å². The van der Waals surface area contributed by atoms with Gasteiger partial charge in [0.1, 0.15) is 0 Å². The number of benzene rings is 1. The van der Waals surface area contributed by atoms with Gasteiger partial charge in [-0.05, 0) is 19.1 Å². The van der Waals surface area contributed by atoms with Gasteiger partial charge in [0.2, 0.25) is 0 Å². The van der Waals surface area contributed by atoms with Gasteiger partial charge in [-0.15, -0.1) is 0 Å². The molecule has 0 saturated heterocycles. The van der Waals surface area contributed by atoms with Crippen LogP contribution in [0, 0.1) is 6.92 Å². The standard InChI is InChI=1S/C14H17N5O/c1-9-2-4-10(5-3-9)16-14(20)17-13-11-8-15-7-6-12(11)18-19-13/h2-5,15H,6-8H2,1H3,(H3,16,17,18,19,20). The maximum Gasteiger partial charge on any atom is 0.324 e. The second kappa shape index (κ2) is 5.34. The first-order valence-corrected chi connectivity index (χ1v) is 6.64. The number of nitrogens with zero attached hydrogens (tertiary/aromatic N) is 1. The SMILES string of the molecule is Cc1ccc(NC(=O)Nc2n[nH]c3c2CNCC3)cc1. The summed E-state index contributed by atoms with van der Waals surface area (Å²) in [7, 11) is 0. The Morgan fingerprint density at radius 2 is 2.05 bits per heavy atom. The molecular formula is C14H17N5O. The zero-order valence-electron chi connectivity index (χ0n) is 11.3. The number of carbonyl (C=O) groups excluding carboxylic acids is 1. The van der Waals surface area contributed by atoms with Crippen LogP contribution in [-0.4, -0.2) is 22.8 Å². The first kappa shape index (κ1) is 12.7. The summed E-state index contributed by atoms with van der Waals surface area (Å²) in [4.78, 5) is 12.0. The second-order valence-electron chi connectivity index (χ2n) is 4.90. The smallest absolute Gasteiger partial charge is 0.312 e. The molecule has 0 bridgehead atoms. The Morgan fingerprint density at radius 3 is 2.85 bits per heavy atom. The zero-order chi connectivity index (χ0) is 13.9. The van der Waals surface area contributed by atoms with Crippen LogP contribution in [0.1, 0.15) is 16.8 Å². The van der Waals surface area contributed by atoms with Crippen LogP contribution in [0.5, 0.6) is 0 Å². The van der Waals surface area contributed by atoms with E-state index in [2.05, 4.69) is 26.1 Å². The van der Waals surface area contributed by atoms with Crippen LogP contribution in [0.25, 0.3) is 0 Å². The number of aromatic nitrogens is 2. The van der Waals surface area contributed by atoms with Gasteiger partial charge < -0.3 is 10.6 Å². The maximum atomic E-state index is 12.0. The minimum absolute atomic E-state index is 0.284. The average Bonchev–Trinajstić information content (AvgIpc) is 2.85. The van der Waals surface area contributed by atoms with Gasteiger partial charge in [0.15, 0.2) is 5.82 Å². The molecule has 3 rings (SSSR count). The topological polar surface area (TPSA) is 81.8 Å². The fourth-order valence-corrected chi connectivity index (χ4v) is 2.24. The van der Waals surface area contributed by atoms with Gasteiger partial charge in [-0.3, -0.25) is 10.4 Å². The molecule has 0 fully saturated rings. The minimum atomic E-state index is -0.284. The van der Waals surface area contributed by atoms with Crippen LogP contribution in [0.2, 0.25) is 0 Å². The summed E-state index contributed by atoms with van der Waals surface area (Å²) in [5.74, 6) is 0.594. The van der Waals surface area contributed by atoms with Gasteiger partial charge in [0.25, 0.3) is 0 Å². The van der Waals surface area contributed by atoms with E-state index in [0.717, 1.165) is 42.0 Å². The van der Waals surface area contributed by atoms with E-state index in [1.54, 1.807) is 0 Å². The van der Waals surface area contributed by atoms with Crippen LogP contribution in [0.4, 0.5) is 16.3 Å². The monoisotopic (exact) mass is 271 g/mol. The lowest BCUT2D eigenvalue weighted by molar-refractivity contribution is 0.262. The normalized spacial score (nSPS) is 13.7. The molecule has 0 atom stereocenters. The summed E-state index contributed by atoms with van der Waals surface area (Å²) >= 11 is 0. The van der Waals surface area contributed by atoms with Crippen molar-refractivity contribution in [1.82, 2.24) is 15.5 Å². The molecule has 2 amide bonds. The molecule has 1 aliphatic heterocycles. The Kier molecular flexibility index (Phi) is 3.39. The zero-order valence-corrected chi connectivity index (χ0v) is 11.3. The average molecular weight is 271 g/mol. The Balaban J connectivity index is 1.67. The molecule has 0 unspecified atom stereocenters. The predicted molar refractivity (Wildman–Crippen MR) is 77.8 cm³/mol. The molecule has 1 aliphatic rings. The van der Waals surface area contributed by atoms with Crippen molar-refractivity contribution in [2.75, 3.05) is 17.2 Å². The third kappa shape index (κ3) is 2.65. The molecule has 4 N–H and O–H groups in total. The van der Waals surface area contributed by atoms with Crippen molar-refractivity contribution in [3.8, 4) is 0 Å². The van der Waals surface area contributed by atoms with Crippen molar-refractivity contribution in [2.45, 2.75) is 19.9 Å². The number of anilines is 2. The van der Waals surface area contributed by atoms with Crippen LogP contribution in [0.3, 0.4) is 0 Å². The fraction of sp³-hybridized carbons (Fsp3) is 0.286. The highest BCUT2D eigenvalue weighted by Gasteiger charge is 2.17. The van der Waals surface area contributed by atoms with Gasteiger partial charge in [0.05, 0.1) is 0 Å². The molecule has 0 aliphatic carbocycles. The number of aryl methyl sites for hydroxylation is 1. The van der Waals surface area contributed by atoms with E-state index in [9.17, 15) is 4.79 Å². The van der Waals surface area contributed by atoms with E-state index in [1.807, 2.05) is 31.2 Å². The molecule has 104 valence electrons. The molecule has 0 saturated carbocycles. The molecule has 2 heterocycles. The van der Waals surface area contributed by atoms with E-state index >= 15 is 0 Å². The number of carbonyl (C=O) groups is 1. The van der Waals surface area contributed by atoms with Crippen molar-refractivity contribution in [3.05, 3.63) is 41.1 Å². The Morgan fingerprint density at radius 1 is 1.25 bits per heavy atom. The fourth-order valence-electron chi connectivity index (χ4n) is 2.24. The van der Waals surface area contributed by atoms with Gasteiger partial charge in [-0.25, -0.2) is 4.79 Å². The summed E-state index contributed by atoms with van der Waals surface area (Å²) in [6.07, 6.45) is 0.906. The molecule has 1 aromatic heterocycles. The van der Waals surface area contributed by atoms with Crippen molar-refractivity contribution in [1.29, 1.82) is 0 Å². The van der Waals surface area contributed by atoms with Crippen molar-refractivity contribution >= 4 is 17.5 Å². The number of urea groups is 1. The number of fused-ring (bicyclic) bond motifs is 1. The minimum Gasteiger partial charge on any atom is -0.312 e. The summed E-state index contributed by atoms with van der Waals surface area (Å²) < 4.78 is 0. The van der Waals surface area contributed by atoms with Crippen molar-refractivity contribution in [2.24, 2.45) is 0 Å². The number of hydrogen-bond acceptors (Lipinski definition) is 3. The Bertz CT molecular complexity index is 617. The van der Waals surface area contributed by atoms with Crippen LogP contribution in [-0.2, 0) is 13.0 Å². The van der Waals surface area contributed by atoms with Gasteiger partial charge in [-0.2, -0.15) is 5.10 Å². The van der Waals surface area contributed by atoms with E-state index in [4.69, 9.17) is 0 Å². The Hall–Kier alpha value is -2.34. The molecular weight excluding hydrogens is 254 g/mol. The number of aromatic amines is 1. The molecule has 2 aromatic rings. The molecule has 20 heavy (non-hydrogen) atoms. The number of rotatable bonds is 2. The first-order valence-electron chi connectivity index (χ1n) is 6.64. The molecule has 1 aromatic carbocycles. The van der Waals surface area contributed by atoms with E-state index in [0.29, 0.717) is 5.82 Å². The Labute approximate surface area is 117 Å². The summed E-state index contributed by atoms with van der Waals surface area (Å²) in [6.45, 7) is 3.67. The van der Waals surface area contributed by atoms with Crippen LogP contribution >= 0.6 is 0 Å². The first-order chi connectivity index (χ1) is 9.72. The summed E-state index contributed by atoms with van der Waals surface area (Å²) in [6, 6.07) is 7.37. The van der Waals surface area contributed by atoms with Crippen molar-refractivity contribution < 1.29 is 4.79 Å². The van der Waals surface area contributed by atoms with Crippen molar-refractivity contribution in [3.63, 3.8) is 0 Å². The highest BCUT2D eigenvalue weighted by molar-refractivity contribution is 5.99. The lowest BCUT2D eigenvalue weighted by Crippen LogP contribution is -2.25. The molecule has 0 spiro atoms. The third-order valence-corrected chi connectivity index (χ3v) is 3.35. The van der Waals surface area contributed by atoms with Gasteiger partial charge in [-0.1, -0.05) is 17.7 Å². The van der Waals surface area contributed by atoms with Gasteiger partial charge >= 0.3 is 6.03 Å². The molecule has 6 heteroatoms. The number of amides is 2. The quantitative estimate of drug-likeness (QED) is 0.674. The third-order valence-electron chi connectivity index (χ3n) is 3.35. The maximum absolute atomic E-state index is 12.0.